The van der Waals surface area contributed by atoms with Gasteiger partial charge in [-0.2, -0.15) is 0 Å². The highest BCUT2D eigenvalue weighted by Gasteiger charge is 2.62. The Morgan fingerprint density at radius 1 is 1.05 bits per heavy atom. The van der Waals surface area contributed by atoms with Crippen molar-refractivity contribution in [1.29, 1.82) is 0 Å². The molecule has 0 spiro atoms. The van der Waals surface area contributed by atoms with Gasteiger partial charge in [-0.05, 0) is 75.5 Å². The molecule has 120 valence electrons. The largest absolute Gasteiger partial charge is 0.469 e. The minimum Gasteiger partial charge on any atom is -0.469 e. The normalized spacial score (nSPS) is 52.9. The molecule has 0 bridgehead atoms. The maximum Gasteiger partial charge on any atom is 0.311 e. The van der Waals surface area contributed by atoms with E-state index in [1.165, 1.54) is 13.5 Å². The fraction of sp³-hybridized carbons (Fsp3) is 0.944. The molecular weight excluding hydrogens is 264 g/mol. The maximum absolute atomic E-state index is 12.4. The zero-order chi connectivity index (χ0) is 15.5. The fourth-order valence-electron chi connectivity index (χ4n) is 6.40. The third kappa shape index (κ3) is 1.99. The first kappa shape index (κ1) is 15.3. The number of methoxy groups -OCH3 is 1. The van der Waals surface area contributed by atoms with Gasteiger partial charge in [0, 0.05) is 0 Å². The lowest BCUT2D eigenvalue weighted by Gasteiger charge is -2.58. The molecule has 0 aromatic carbocycles. The zero-order valence-electron chi connectivity index (χ0n) is 13.9. The quantitative estimate of drug-likeness (QED) is 0.752. The second-order valence-electron chi connectivity index (χ2n) is 8.51. The van der Waals surface area contributed by atoms with Gasteiger partial charge in [0.1, 0.15) is 0 Å². The molecule has 0 aromatic heterocycles. The van der Waals surface area contributed by atoms with Crippen LogP contribution in [0.25, 0.3) is 0 Å². The van der Waals surface area contributed by atoms with Crippen LogP contribution in [-0.2, 0) is 9.53 Å². The smallest absolute Gasteiger partial charge is 0.311 e. The monoisotopic (exact) mass is 294 g/mol. The molecule has 0 amide bonds. The van der Waals surface area contributed by atoms with Gasteiger partial charge in [0.25, 0.3) is 0 Å². The van der Waals surface area contributed by atoms with Crippen molar-refractivity contribution in [3.63, 3.8) is 0 Å². The number of esters is 1. The standard InChI is InChI=1S/C18H30O3/c1-16-9-5-10-17(2,15(19)21-4)14(16)7-6-13-12(16)8-11-18(13,3)20/h12-14,20H,5-11H2,1-4H3/t12-,13+,14+,16+,17+,18+/m0/s1. The number of rotatable bonds is 1. The highest BCUT2D eigenvalue weighted by atomic mass is 16.5. The molecule has 1 N–H and O–H groups in total. The molecule has 0 heterocycles. The van der Waals surface area contributed by atoms with Crippen molar-refractivity contribution in [2.24, 2.45) is 28.6 Å². The molecule has 0 aliphatic heterocycles. The van der Waals surface area contributed by atoms with Gasteiger partial charge in [0.2, 0.25) is 0 Å². The molecule has 3 nitrogen and oxygen atoms in total. The molecule has 3 heteroatoms. The number of carbonyl (C=O) groups is 1. The molecular formula is C18H30O3. The highest BCUT2D eigenvalue weighted by molar-refractivity contribution is 5.77. The van der Waals surface area contributed by atoms with Crippen LogP contribution < -0.4 is 0 Å². The van der Waals surface area contributed by atoms with E-state index in [1.807, 2.05) is 6.92 Å². The van der Waals surface area contributed by atoms with Crippen molar-refractivity contribution in [2.45, 2.75) is 71.3 Å². The zero-order valence-corrected chi connectivity index (χ0v) is 13.9. The first-order valence-electron chi connectivity index (χ1n) is 8.56. The van der Waals surface area contributed by atoms with E-state index in [1.54, 1.807) is 0 Å². The van der Waals surface area contributed by atoms with Crippen molar-refractivity contribution in [2.75, 3.05) is 7.11 Å². The SMILES string of the molecule is COC(=O)[C@]1(C)CCC[C@@]2(C)[C@H]1CC[C@@H]1[C@@H]2CC[C@@]1(C)O. The second kappa shape index (κ2) is 4.71. The summed E-state index contributed by atoms with van der Waals surface area (Å²) < 4.78 is 5.15. The molecule has 3 aliphatic rings. The van der Waals surface area contributed by atoms with Crippen molar-refractivity contribution >= 4 is 5.97 Å². The second-order valence-corrected chi connectivity index (χ2v) is 8.51. The predicted molar refractivity (Wildman–Crippen MR) is 81.6 cm³/mol. The van der Waals surface area contributed by atoms with E-state index in [-0.39, 0.29) is 16.8 Å². The minimum atomic E-state index is -0.502. The summed E-state index contributed by atoms with van der Waals surface area (Å²) in [6.07, 6.45) is 7.39. The Morgan fingerprint density at radius 2 is 1.76 bits per heavy atom. The third-order valence-electron chi connectivity index (χ3n) is 7.49. The lowest BCUT2D eigenvalue weighted by Crippen LogP contribution is -2.55. The van der Waals surface area contributed by atoms with E-state index >= 15 is 0 Å². The van der Waals surface area contributed by atoms with Crippen LogP contribution in [0.1, 0.15) is 65.7 Å². The average Bonchev–Trinajstić information content (AvgIpc) is 2.74. The molecule has 0 radical (unpaired) electrons. The number of fused-ring (bicyclic) bond motifs is 3. The first-order valence-corrected chi connectivity index (χ1v) is 8.56. The van der Waals surface area contributed by atoms with Gasteiger partial charge in [-0.15, -0.1) is 0 Å². The number of hydrogen-bond donors (Lipinski definition) is 1. The molecule has 21 heavy (non-hydrogen) atoms. The molecule has 0 saturated heterocycles. The Bertz CT molecular complexity index is 444. The van der Waals surface area contributed by atoms with Crippen LogP contribution in [0.15, 0.2) is 0 Å². The minimum absolute atomic E-state index is 0.0263. The van der Waals surface area contributed by atoms with E-state index in [0.717, 1.165) is 38.5 Å². The van der Waals surface area contributed by atoms with Gasteiger partial charge in [0.05, 0.1) is 18.1 Å². The molecule has 0 unspecified atom stereocenters. The van der Waals surface area contributed by atoms with Gasteiger partial charge in [-0.1, -0.05) is 13.3 Å². The van der Waals surface area contributed by atoms with E-state index < -0.39 is 5.60 Å². The van der Waals surface area contributed by atoms with E-state index in [4.69, 9.17) is 4.74 Å². The third-order valence-corrected chi connectivity index (χ3v) is 7.49. The van der Waals surface area contributed by atoms with Crippen LogP contribution >= 0.6 is 0 Å². The predicted octanol–water partition coefficient (Wildman–Crippen LogP) is 3.54. The Morgan fingerprint density at radius 3 is 2.43 bits per heavy atom. The van der Waals surface area contributed by atoms with Crippen LogP contribution in [0.4, 0.5) is 0 Å². The van der Waals surface area contributed by atoms with Gasteiger partial charge in [-0.25, -0.2) is 0 Å². The molecule has 3 saturated carbocycles. The highest BCUT2D eigenvalue weighted by Crippen LogP contribution is 2.66. The topological polar surface area (TPSA) is 46.5 Å². The molecule has 6 atom stereocenters. The fourth-order valence-corrected chi connectivity index (χ4v) is 6.40. The summed E-state index contributed by atoms with van der Waals surface area (Å²) in [4.78, 5) is 12.4. The van der Waals surface area contributed by atoms with Crippen LogP contribution in [0, 0.1) is 28.6 Å². The van der Waals surface area contributed by atoms with Crippen molar-refractivity contribution in [1.82, 2.24) is 0 Å². The Hall–Kier alpha value is -0.570. The maximum atomic E-state index is 12.4. The molecule has 3 aliphatic carbocycles. The van der Waals surface area contributed by atoms with Crippen LogP contribution in [-0.4, -0.2) is 23.8 Å². The molecule has 3 fully saturated rings. The summed E-state index contributed by atoms with van der Waals surface area (Å²) in [6, 6.07) is 0. The van der Waals surface area contributed by atoms with Crippen molar-refractivity contribution in [3.05, 3.63) is 0 Å². The van der Waals surface area contributed by atoms with Gasteiger partial charge < -0.3 is 9.84 Å². The van der Waals surface area contributed by atoms with Gasteiger partial charge in [0.15, 0.2) is 0 Å². The summed E-state index contributed by atoms with van der Waals surface area (Å²) in [6.45, 7) is 6.52. The summed E-state index contributed by atoms with van der Waals surface area (Å²) >= 11 is 0. The lowest BCUT2D eigenvalue weighted by molar-refractivity contribution is -0.175. The summed E-state index contributed by atoms with van der Waals surface area (Å²) in [7, 11) is 1.52. The van der Waals surface area contributed by atoms with Crippen molar-refractivity contribution in [3.8, 4) is 0 Å². The Balaban J connectivity index is 1.96. The van der Waals surface area contributed by atoms with Gasteiger partial charge in [-0.3, -0.25) is 4.79 Å². The summed E-state index contributed by atoms with van der Waals surface area (Å²) in [5, 5.41) is 10.7. The summed E-state index contributed by atoms with van der Waals surface area (Å²) in [5.74, 6) is 1.36. The van der Waals surface area contributed by atoms with Gasteiger partial charge >= 0.3 is 5.97 Å². The Labute approximate surface area is 128 Å². The number of aliphatic hydroxyl groups is 1. The van der Waals surface area contributed by atoms with E-state index in [0.29, 0.717) is 17.8 Å². The van der Waals surface area contributed by atoms with Crippen LogP contribution in [0.5, 0.6) is 0 Å². The lowest BCUT2D eigenvalue weighted by atomic mass is 9.46. The van der Waals surface area contributed by atoms with E-state index in [2.05, 4.69) is 13.8 Å². The number of hydrogen-bond acceptors (Lipinski definition) is 3. The Kier molecular flexibility index (Phi) is 3.44. The van der Waals surface area contributed by atoms with Crippen molar-refractivity contribution < 1.29 is 14.6 Å². The van der Waals surface area contributed by atoms with E-state index in [9.17, 15) is 9.90 Å². The molecule has 3 rings (SSSR count). The summed E-state index contributed by atoms with van der Waals surface area (Å²) in [5.41, 5.74) is -0.649. The van der Waals surface area contributed by atoms with Crippen LogP contribution in [0.2, 0.25) is 0 Å². The molecule has 0 aromatic rings. The number of carbonyl (C=O) groups excluding carboxylic acids is 1. The average molecular weight is 294 g/mol. The number of ether oxygens (including phenoxy) is 1. The first-order chi connectivity index (χ1) is 9.75. The van der Waals surface area contributed by atoms with Crippen LogP contribution in [0.3, 0.4) is 0 Å².